The molecule has 0 fully saturated rings. The number of amides is 1. The van der Waals surface area contributed by atoms with Crippen LogP contribution >= 0.6 is 0 Å². The van der Waals surface area contributed by atoms with Crippen LogP contribution in [0.3, 0.4) is 0 Å². The van der Waals surface area contributed by atoms with Crippen molar-refractivity contribution in [3.63, 3.8) is 0 Å². The molecule has 1 heterocycles. The van der Waals surface area contributed by atoms with Gasteiger partial charge in [-0.3, -0.25) is 9.78 Å². The molecular weight excluding hydrogens is 300 g/mol. The van der Waals surface area contributed by atoms with E-state index in [1.165, 1.54) is 0 Å². The zero-order valence-electron chi connectivity index (χ0n) is 13.9. The molecule has 24 heavy (non-hydrogen) atoms. The summed E-state index contributed by atoms with van der Waals surface area (Å²) in [7, 11) is 1.79. The summed E-state index contributed by atoms with van der Waals surface area (Å²) in [5, 5.41) is 0.872. The number of hydrogen-bond donors (Lipinski definition) is 0. The highest BCUT2D eigenvalue weighted by molar-refractivity contribution is 6.06. The summed E-state index contributed by atoms with van der Waals surface area (Å²) < 4.78 is 5.72. The SMILES string of the molecule is Cc1cccc(OCCN(C)C(=O)c2cccc3ncccc23)c1. The normalized spacial score (nSPS) is 10.6. The number of aromatic nitrogens is 1. The van der Waals surface area contributed by atoms with E-state index in [1.54, 1.807) is 18.1 Å². The molecule has 0 atom stereocenters. The van der Waals surface area contributed by atoms with Crippen molar-refractivity contribution < 1.29 is 9.53 Å². The van der Waals surface area contributed by atoms with Crippen molar-refractivity contribution in [2.45, 2.75) is 6.92 Å². The number of likely N-dealkylation sites (N-methyl/N-ethyl adjacent to an activating group) is 1. The molecule has 122 valence electrons. The number of aryl methyl sites for hydroxylation is 1. The largest absolute Gasteiger partial charge is 0.492 e. The van der Waals surface area contributed by atoms with Gasteiger partial charge in [-0.1, -0.05) is 24.3 Å². The van der Waals surface area contributed by atoms with Gasteiger partial charge < -0.3 is 9.64 Å². The Morgan fingerprint density at radius 1 is 1.12 bits per heavy atom. The van der Waals surface area contributed by atoms with E-state index in [0.717, 1.165) is 22.2 Å². The molecule has 1 amide bonds. The second-order valence-corrected chi connectivity index (χ2v) is 5.77. The van der Waals surface area contributed by atoms with E-state index in [-0.39, 0.29) is 5.91 Å². The van der Waals surface area contributed by atoms with Gasteiger partial charge in [-0.25, -0.2) is 0 Å². The zero-order valence-corrected chi connectivity index (χ0v) is 13.9. The predicted octanol–water partition coefficient (Wildman–Crippen LogP) is 3.69. The maximum Gasteiger partial charge on any atom is 0.254 e. The van der Waals surface area contributed by atoms with Gasteiger partial charge in [0.2, 0.25) is 0 Å². The quantitative estimate of drug-likeness (QED) is 0.720. The van der Waals surface area contributed by atoms with Crippen LogP contribution in [0.5, 0.6) is 5.75 Å². The Labute approximate surface area is 141 Å². The number of nitrogens with zero attached hydrogens (tertiary/aromatic N) is 2. The third-order valence-corrected chi connectivity index (χ3v) is 3.91. The van der Waals surface area contributed by atoms with Gasteiger partial charge in [0.1, 0.15) is 12.4 Å². The average molecular weight is 320 g/mol. The molecule has 1 aromatic heterocycles. The molecule has 0 aliphatic rings. The number of pyridine rings is 1. The first-order valence-electron chi connectivity index (χ1n) is 7.94. The summed E-state index contributed by atoms with van der Waals surface area (Å²) in [6, 6.07) is 17.3. The fraction of sp³-hybridized carbons (Fsp3) is 0.200. The number of rotatable bonds is 5. The van der Waals surface area contributed by atoms with Gasteiger partial charge in [0.15, 0.2) is 0 Å². The van der Waals surface area contributed by atoms with E-state index >= 15 is 0 Å². The molecule has 0 bridgehead atoms. The first kappa shape index (κ1) is 16.0. The van der Waals surface area contributed by atoms with Gasteiger partial charge in [-0.2, -0.15) is 0 Å². The highest BCUT2D eigenvalue weighted by atomic mass is 16.5. The van der Waals surface area contributed by atoms with E-state index in [1.807, 2.05) is 61.5 Å². The summed E-state index contributed by atoms with van der Waals surface area (Å²) in [5.41, 5.74) is 2.65. The van der Waals surface area contributed by atoms with Crippen LogP contribution in [0.4, 0.5) is 0 Å². The summed E-state index contributed by atoms with van der Waals surface area (Å²) in [6.45, 7) is 3.00. The van der Waals surface area contributed by atoms with Gasteiger partial charge in [-0.05, 0) is 42.8 Å². The van der Waals surface area contributed by atoms with Crippen molar-refractivity contribution in [3.8, 4) is 5.75 Å². The standard InChI is InChI=1S/C20H20N2O2/c1-15-6-3-7-16(14-15)24-13-12-22(2)20(23)18-8-4-10-19-17(18)9-5-11-21-19/h3-11,14H,12-13H2,1-2H3. The predicted molar refractivity (Wildman–Crippen MR) is 95.4 cm³/mol. The second kappa shape index (κ2) is 7.13. The highest BCUT2D eigenvalue weighted by Crippen LogP contribution is 2.18. The maximum atomic E-state index is 12.7. The van der Waals surface area contributed by atoms with Gasteiger partial charge in [0.25, 0.3) is 5.91 Å². The lowest BCUT2D eigenvalue weighted by atomic mass is 10.1. The minimum absolute atomic E-state index is 0.0264. The highest BCUT2D eigenvalue weighted by Gasteiger charge is 2.14. The van der Waals surface area contributed by atoms with Crippen LogP contribution in [0.25, 0.3) is 10.9 Å². The number of fused-ring (bicyclic) bond motifs is 1. The Balaban J connectivity index is 1.66. The molecule has 0 unspecified atom stereocenters. The smallest absolute Gasteiger partial charge is 0.254 e. The molecule has 0 radical (unpaired) electrons. The molecular formula is C20H20N2O2. The summed E-state index contributed by atoms with van der Waals surface area (Å²) in [6.07, 6.45) is 1.73. The van der Waals surface area contributed by atoms with Gasteiger partial charge >= 0.3 is 0 Å². The van der Waals surface area contributed by atoms with Crippen molar-refractivity contribution in [1.29, 1.82) is 0 Å². The lowest BCUT2D eigenvalue weighted by Gasteiger charge is -2.18. The van der Waals surface area contributed by atoms with Crippen molar-refractivity contribution in [3.05, 3.63) is 71.9 Å². The minimum atomic E-state index is -0.0264. The first-order chi connectivity index (χ1) is 11.6. The zero-order chi connectivity index (χ0) is 16.9. The number of benzene rings is 2. The second-order valence-electron chi connectivity index (χ2n) is 5.77. The lowest BCUT2D eigenvalue weighted by Crippen LogP contribution is -2.31. The van der Waals surface area contributed by atoms with Crippen molar-refractivity contribution in [2.75, 3.05) is 20.2 Å². The van der Waals surface area contributed by atoms with Gasteiger partial charge in [0, 0.05) is 24.2 Å². The molecule has 0 spiro atoms. The third kappa shape index (κ3) is 3.54. The topological polar surface area (TPSA) is 42.4 Å². The molecule has 3 rings (SSSR count). The molecule has 3 aromatic rings. The number of hydrogen-bond acceptors (Lipinski definition) is 3. The van der Waals surface area contributed by atoms with Crippen LogP contribution in [0.15, 0.2) is 60.8 Å². The van der Waals surface area contributed by atoms with Crippen LogP contribution in [-0.4, -0.2) is 36.0 Å². The van der Waals surface area contributed by atoms with Crippen LogP contribution in [0.1, 0.15) is 15.9 Å². The maximum absolute atomic E-state index is 12.7. The monoisotopic (exact) mass is 320 g/mol. The molecule has 0 saturated heterocycles. The van der Waals surface area contributed by atoms with Gasteiger partial charge in [-0.15, -0.1) is 0 Å². The Morgan fingerprint density at radius 2 is 1.96 bits per heavy atom. The van der Waals surface area contributed by atoms with E-state index in [4.69, 9.17) is 4.74 Å². The molecule has 0 aliphatic heterocycles. The molecule has 0 aliphatic carbocycles. The van der Waals surface area contributed by atoms with Crippen molar-refractivity contribution in [1.82, 2.24) is 9.88 Å². The van der Waals surface area contributed by atoms with Crippen molar-refractivity contribution >= 4 is 16.8 Å². The Bertz CT molecular complexity index is 856. The van der Waals surface area contributed by atoms with Crippen molar-refractivity contribution in [2.24, 2.45) is 0 Å². The minimum Gasteiger partial charge on any atom is -0.492 e. The van der Waals surface area contributed by atoms with Crippen LogP contribution in [0, 0.1) is 6.92 Å². The molecule has 0 saturated carbocycles. The Hall–Kier alpha value is -2.88. The van der Waals surface area contributed by atoms with E-state index in [9.17, 15) is 4.79 Å². The van der Waals surface area contributed by atoms with E-state index < -0.39 is 0 Å². The van der Waals surface area contributed by atoms with Crippen LogP contribution in [0.2, 0.25) is 0 Å². The fourth-order valence-electron chi connectivity index (χ4n) is 2.60. The Kier molecular flexibility index (Phi) is 4.75. The van der Waals surface area contributed by atoms with E-state index in [2.05, 4.69) is 4.98 Å². The number of ether oxygens (including phenoxy) is 1. The first-order valence-corrected chi connectivity index (χ1v) is 7.94. The summed E-state index contributed by atoms with van der Waals surface area (Å²) in [4.78, 5) is 18.7. The number of carbonyl (C=O) groups is 1. The number of carbonyl (C=O) groups excluding carboxylic acids is 1. The molecule has 2 aromatic carbocycles. The summed E-state index contributed by atoms with van der Waals surface area (Å²) >= 11 is 0. The third-order valence-electron chi connectivity index (χ3n) is 3.91. The summed E-state index contributed by atoms with van der Waals surface area (Å²) in [5.74, 6) is 0.798. The lowest BCUT2D eigenvalue weighted by molar-refractivity contribution is 0.0775. The Morgan fingerprint density at radius 3 is 2.79 bits per heavy atom. The fourth-order valence-corrected chi connectivity index (χ4v) is 2.60. The van der Waals surface area contributed by atoms with Crippen LogP contribution in [-0.2, 0) is 0 Å². The molecule has 4 heteroatoms. The van der Waals surface area contributed by atoms with E-state index in [0.29, 0.717) is 18.7 Å². The molecule has 4 nitrogen and oxygen atoms in total. The van der Waals surface area contributed by atoms with Crippen LogP contribution < -0.4 is 4.74 Å². The molecule has 0 N–H and O–H groups in total. The average Bonchev–Trinajstić information content (AvgIpc) is 2.60. The van der Waals surface area contributed by atoms with Gasteiger partial charge in [0.05, 0.1) is 12.1 Å².